The van der Waals surface area contributed by atoms with Crippen LogP contribution in [0.4, 0.5) is 79.0 Å². The minimum Gasteiger partial charge on any atom is -0.364 e. The van der Waals surface area contributed by atoms with E-state index in [0.29, 0.717) is 0 Å². The molecule has 0 aromatic heterocycles. The lowest BCUT2D eigenvalue weighted by atomic mass is 10.0. The normalized spacial score (nSPS) is 15.1. The van der Waals surface area contributed by atoms with Crippen LogP contribution in [0.1, 0.15) is 0 Å². The zero-order chi connectivity index (χ0) is 36.0. The van der Waals surface area contributed by atoms with Crippen LogP contribution in [-0.4, -0.2) is 87.1 Å². The summed E-state index contributed by atoms with van der Waals surface area (Å²) >= 11 is 0. The molecule has 0 spiro atoms. The van der Waals surface area contributed by atoms with Gasteiger partial charge in [0.05, 0.1) is 0 Å². The third kappa shape index (κ3) is 7.50. The van der Waals surface area contributed by atoms with E-state index in [9.17, 15) is 98.0 Å². The predicted molar refractivity (Wildman–Crippen MR) is 80.3 cm³/mol. The molecular weight excluding hydrogens is 725 g/mol. The van der Waals surface area contributed by atoms with Crippen molar-refractivity contribution in [3.63, 3.8) is 0 Å². The van der Waals surface area contributed by atoms with Crippen LogP contribution in [0.3, 0.4) is 0 Å². The first-order valence-electron chi connectivity index (χ1n) is 8.78. The molecule has 0 aromatic carbocycles. The van der Waals surface area contributed by atoms with Gasteiger partial charge in [0.2, 0.25) is 0 Å². The summed E-state index contributed by atoms with van der Waals surface area (Å²) in [5.74, 6) is -13.2. The molecular formula is C12H3F18O13P. The third-order valence-corrected chi connectivity index (χ3v) is 4.73. The average Bonchev–Trinajstić information content (AvgIpc) is 2.78. The largest absolute Gasteiger partial charge is 0.584 e. The van der Waals surface area contributed by atoms with Gasteiger partial charge in [-0.2, -0.15) is 79.0 Å². The number of alkyl halides is 18. The van der Waals surface area contributed by atoms with Crippen LogP contribution >= 0.6 is 7.82 Å². The highest BCUT2D eigenvalue weighted by atomic mass is 31.2. The van der Waals surface area contributed by atoms with Crippen LogP contribution in [-0.2, 0) is 47.6 Å². The number of carbonyl (C=O) groups excluding carboxylic acids is 3. The third-order valence-electron chi connectivity index (χ3n) is 3.96. The van der Waals surface area contributed by atoms with Gasteiger partial charge >= 0.3 is 79.6 Å². The summed E-state index contributed by atoms with van der Waals surface area (Å²) in [6.07, 6.45) is -43.7. The van der Waals surface area contributed by atoms with Crippen molar-refractivity contribution in [2.24, 2.45) is 0 Å². The van der Waals surface area contributed by atoms with Crippen molar-refractivity contribution < 1.29 is 142 Å². The van der Waals surface area contributed by atoms with E-state index in [1.165, 1.54) is 0 Å². The Labute approximate surface area is 223 Å². The van der Waals surface area contributed by atoms with Crippen LogP contribution in [0.2, 0.25) is 0 Å². The van der Waals surface area contributed by atoms with Gasteiger partial charge in [0.1, 0.15) is 0 Å². The summed E-state index contributed by atoms with van der Waals surface area (Å²) in [4.78, 5) is 40.7. The van der Waals surface area contributed by atoms with E-state index in [0.717, 1.165) is 0 Å². The summed E-state index contributed by atoms with van der Waals surface area (Å²) in [5, 5.41) is 25.9. The molecule has 260 valence electrons. The minimum atomic E-state index is -7.77. The minimum absolute atomic E-state index is 2.39. The van der Waals surface area contributed by atoms with Crippen LogP contribution in [0, 0.1) is 0 Å². The number of aliphatic hydroxyl groups is 3. The summed E-state index contributed by atoms with van der Waals surface area (Å²) < 4.78 is 247. The Morgan fingerprint density at radius 3 is 0.636 bits per heavy atom. The van der Waals surface area contributed by atoms with Gasteiger partial charge in [-0.25, -0.2) is 18.9 Å². The Hall–Kier alpha value is -2.86. The maximum Gasteiger partial charge on any atom is 0.584 e. The zero-order valence-electron chi connectivity index (χ0n) is 18.7. The van der Waals surface area contributed by atoms with E-state index in [4.69, 9.17) is 15.3 Å². The van der Waals surface area contributed by atoms with Crippen molar-refractivity contribution in [2.75, 3.05) is 0 Å². The molecule has 0 aliphatic carbocycles. The first-order chi connectivity index (χ1) is 18.9. The van der Waals surface area contributed by atoms with Gasteiger partial charge < -0.3 is 15.3 Å². The van der Waals surface area contributed by atoms with Gasteiger partial charge in [-0.15, -0.1) is 0 Å². The molecule has 0 radical (unpaired) electrons. The van der Waals surface area contributed by atoms with Gasteiger partial charge in [-0.1, -0.05) is 14.0 Å². The second kappa shape index (κ2) is 11.8. The van der Waals surface area contributed by atoms with Gasteiger partial charge in [0.25, 0.3) is 0 Å². The molecule has 13 nitrogen and oxygen atoms in total. The molecule has 0 heterocycles. The number of hydrogen-bond donors (Lipinski definition) is 3. The maximum absolute atomic E-state index is 12.6. The summed E-state index contributed by atoms with van der Waals surface area (Å²) in [6, 6.07) is 0. The van der Waals surface area contributed by atoms with E-state index < -0.39 is 79.6 Å². The summed E-state index contributed by atoms with van der Waals surface area (Å²) in [5.41, 5.74) is -20.5. The van der Waals surface area contributed by atoms with E-state index >= 15 is 0 Å². The van der Waals surface area contributed by atoms with E-state index in [1.807, 2.05) is 0 Å². The average molecular weight is 728 g/mol. The number of hydrogen-bond acceptors (Lipinski definition) is 13. The fourth-order valence-electron chi connectivity index (χ4n) is 1.63. The SMILES string of the molecule is O=C(OOP(=O)(OOC(=O)C(O)(C(F)(F)F)C(F)(F)F)OOC(=O)C(O)(C(F)(F)F)C(F)(F)F)C(O)(C(F)(F)F)C(F)(F)F. The molecule has 0 atom stereocenters. The Kier molecular flexibility index (Phi) is 11.0. The first-order valence-corrected chi connectivity index (χ1v) is 10.2. The van der Waals surface area contributed by atoms with Crippen molar-refractivity contribution in [3.05, 3.63) is 0 Å². The van der Waals surface area contributed by atoms with Crippen LogP contribution in [0.5, 0.6) is 0 Å². The molecule has 44 heavy (non-hydrogen) atoms. The molecule has 0 bridgehead atoms. The molecule has 0 unspecified atom stereocenters. The quantitative estimate of drug-likeness (QED) is 0.136. The topological polar surface area (TPSA) is 184 Å². The lowest BCUT2D eigenvalue weighted by Gasteiger charge is -2.30. The highest BCUT2D eigenvalue weighted by Gasteiger charge is 2.80. The maximum atomic E-state index is 12.6. The van der Waals surface area contributed by atoms with Crippen LogP contribution in [0.15, 0.2) is 0 Å². The lowest BCUT2D eigenvalue weighted by molar-refractivity contribution is -0.381. The van der Waals surface area contributed by atoms with E-state index in [-0.39, 0.29) is 0 Å². The molecule has 0 aromatic rings. The highest BCUT2D eigenvalue weighted by Crippen LogP contribution is 2.54. The molecule has 0 amide bonds. The van der Waals surface area contributed by atoms with Gasteiger partial charge in [-0.05, 0) is 0 Å². The van der Waals surface area contributed by atoms with Crippen molar-refractivity contribution in [1.29, 1.82) is 0 Å². The zero-order valence-corrected chi connectivity index (χ0v) is 19.6. The predicted octanol–water partition coefficient (Wildman–Crippen LogP) is 3.09. The molecule has 0 saturated heterocycles. The smallest absolute Gasteiger partial charge is 0.364 e. The number of halogens is 18. The van der Waals surface area contributed by atoms with E-state index in [1.54, 1.807) is 0 Å². The standard InChI is InChI=1S/C12H3F18O13P/c13-7(14,15)4(34,8(16,17)18)1(31)38-41-44(37,42-39-2(32)5(35,9(19,20)21)10(22,23)24)43-40-3(33)6(36,11(25,26)27)12(28,29)30/h34-36H. The van der Waals surface area contributed by atoms with Crippen LogP contribution < -0.4 is 0 Å². The van der Waals surface area contributed by atoms with Gasteiger partial charge in [-0.3, -0.25) is 14.7 Å². The molecule has 0 fully saturated rings. The lowest BCUT2D eigenvalue weighted by Crippen LogP contribution is -2.63. The Morgan fingerprint density at radius 1 is 0.386 bits per heavy atom. The van der Waals surface area contributed by atoms with Crippen molar-refractivity contribution in [3.8, 4) is 0 Å². The van der Waals surface area contributed by atoms with E-state index in [2.05, 4.69) is 28.7 Å². The number of phosphoric acid groups is 1. The van der Waals surface area contributed by atoms with Crippen molar-refractivity contribution in [1.82, 2.24) is 0 Å². The number of rotatable bonds is 9. The Morgan fingerprint density at radius 2 is 0.523 bits per heavy atom. The van der Waals surface area contributed by atoms with Crippen LogP contribution in [0.25, 0.3) is 0 Å². The Balaban J connectivity index is 6.67. The fraction of sp³-hybridized carbons (Fsp3) is 0.750. The molecule has 32 heteroatoms. The highest BCUT2D eigenvalue weighted by molar-refractivity contribution is 7.48. The molecule has 0 saturated carbocycles. The monoisotopic (exact) mass is 728 g/mol. The number of carbonyl (C=O) groups is 3. The van der Waals surface area contributed by atoms with Crippen molar-refractivity contribution in [2.45, 2.75) is 53.9 Å². The summed E-state index contributed by atoms with van der Waals surface area (Å²) in [6.45, 7) is 0. The second-order valence-corrected chi connectivity index (χ2v) is 8.24. The molecule has 0 aliphatic rings. The van der Waals surface area contributed by atoms with Gasteiger partial charge in [0.15, 0.2) is 0 Å². The Bertz CT molecular complexity index is 950. The molecule has 0 rings (SSSR count). The second-order valence-electron chi connectivity index (χ2n) is 6.90. The molecule has 3 N–H and O–H groups in total. The summed E-state index contributed by atoms with van der Waals surface area (Å²) in [7, 11) is -7.77. The first kappa shape index (κ1) is 41.1. The molecule has 0 aliphatic heterocycles. The van der Waals surface area contributed by atoms with Crippen molar-refractivity contribution >= 4 is 25.7 Å². The fourth-order valence-corrected chi connectivity index (χ4v) is 2.18. The van der Waals surface area contributed by atoms with Gasteiger partial charge in [0, 0.05) is 0 Å².